The second-order valence-electron chi connectivity index (χ2n) is 5.75. The van der Waals surface area contributed by atoms with Gasteiger partial charge in [-0.25, -0.2) is 8.42 Å². The Kier molecular flexibility index (Phi) is 7.35. The molecule has 1 aliphatic heterocycles. The molecular weight excluding hydrogens is 346 g/mol. The Balaban J connectivity index is 1.70. The number of morpholine rings is 1. The van der Waals surface area contributed by atoms with E-state index >= 15 is 0 Å². The molecule has 0 radical (unpaired) electrons. The molecule has 0 aliphatic carbocycles. The second-order valence-corrected chi connectivity index (χ2v) is 7.81. The summed E-state index contributed by atoms with van der Waals surface area (Å²) < 4.78 is 29.1. The van der Waals surface area contributed by atoms with Crippen molar-refractivity contribution in [3.05, 3.63) is 30.3 Å². The zero-order valence-corrected chi connectivity index (χ0v) is 14.8. The second kappa shape index (κ2) is 9.50. The Morgan fingerprint density at radius 1 is 1.04 bits per heavy atom. The highest BCUT2D eigenvalue weighted by molar-refractivity contribution is 7.92. The lowest BCUT2D eigenvalue weighted by Gasteiger charge is -2.26. The van der Waals surface area contributed by atoms with Crippen molar-refractivity contribution < 1.29 is 22.7 Å². The van der Waals surface area contributed by atoms with E-state index in [4.69, 9.17) is 4.74 Å². The molecule has 0 atom stereocenters. The van der Waals surface area contributed by atoms with E-state index in [0.717, 1.165) is 13.1 Å². The minimum absolute atomic E-state index is 0.366. The fourth-order valence-electron chi connectivity index (χ4n) is 2.40. The van der Waals surface area contributed by atoms with Crippen LogP contribution in [0.2, 0.25) is 0 Å². The predicted molar refractivity (Wildman–Crippen MR) is 94.0 cm³/mol. The third-order valence-corrected chi connectivity index (χ3v) is 5.02. The Morgan fingerprint density at radius 3 is 2.36 bits per heavy atom. The highest BCUT2D eigenvalue weighted by atomic mass is 32.2. The van der Waals surface area contributed by atoms with Crippen LogP contribution >= 0.6 is 0 Å². The monoisotopic (exact) mass is 369 g/mol. The largest absolute Gasteiger partial charge is 0.379 e. The van der Waals surface area contributed by atoms with E-state index in [9.17, 15) is 18.0 Å². The van der Waals surface area contributed by atoms with E-state index in [1.165, 1.54) is 0 Å². The molecule has 8 nitrogen and oxygen atoms in total. The van der Waals surface area contributed by atoms with Crippen LogP contribution in [0.4, 0.5) is 5.69 Å². The Bertz CT molecular complexity index is 672. The highest BCUT2D eigenvalue weighted by Crippen LogP contribution is 2.05. The van der Waals surface area contributed by atoms with Gasteiger partial charge in [0.05, 0.1) is 13.2 Å². The molecule has 138 valence electrons. The standard InChI is InChI=1S/C16H23N3O5S/c20-15(17-6-7-19-8-10-24-11-9-19)12-25(22,23)13-16(21)18-14-4-2-1-3-5-14/h1-5H,6-13H2,(H,17,20)(H,18,21). The number of nitrogens with zero attached hydrogens (tertiary/aromatic N) is 1. The number of hydrogen-bond acceptors (Lipinski definition) is 6. The van der Waals surface area contributed by atoms with Crippen LogP contribution in [0.1, 0.15) is 0 Å². The molecule has 0 spiro atoms. The van der Waals surface area contributed by atoms with Gasteiger partial charge in [0.15, 0.2) is 9.84 Å². The summed E-state index contributed by atoms with van der Waals surface area (Å²) >= 11 is 0. The van der Waals surface area contributed by atoms with Gasteiger partial charge >= 0.3 is 0 Å². The van der Waals surface area contributed by atoms with E-state index < -0.39 is 33.2 Å². The highest BCUT2D eigenvalue weighted by Gasteiger charge is 2.21. The van der Waals surface area contributed by atoms with Crippen molar-refractivity contribution >= 4 is 27.3 Å². The van der Waals surface area contributed by atoms with E-state index in [2.05, 4.69) is 15.5 Å². The Hall–Kier alpha value is -1.97. The summed E-state index contributed by atoms with van der Waals surface area (Å²) in [7, 11) is -3.81. The number of rotatable bonds is 8. The third-order valence-electron chi connectivity index (χ3n) is 3.61. The molecular formula is C16H23N3O5S. The summed E-state index contributed by atoms with van der Waals surface area (Å²) in [6.07, 6.45) is 0. The molecule has 1 aliphatic rings. The van der Waals surface area contributed by atoms with Gasteiger partial charge in [-0.15, -0.1) is 0 Å². The van der Waals surface area contributed by atoms with Crippen molar-refractivity contribution in [2.24, 2.45) is 0 Å². The van der Waals surface area contributed by atoms with Gasteiger partial charge < -0.3 is 15.4 Å². The fourth-order valence-corrected chi connectivity index (χ4v) is 3.47. The molecule has 0 unspecified atom stereocenters. The molecule has 2 amide bonds. The molecule has 0 saturated carbocycles. The van der Waals surface area contributed by atoms with Gasteiger partial charge in [0.25, 0.3) is 0 Å². The maximum atomic E-state index is 12.0. The molecule has 1 saturated heterocycles. The first-order chi connectivity index (χ1) is 11.9. The summed E-state index contributed by atoms with van der Waals surface area (Å²) in [4.78, 5) is 25.7. The first-order valence-electron chi connectivity index (χ1n) is 8.07. The van der Waals surface area contributed by atoms with Crippen molar-refractivity contribution in [3.63, 3.8) is 0 Å². The SMILES string of the molecule is O=C(CS(=O)(=O)CC(=O)Nc1ccccc1)NCCN1CCOCC1. The quantitative estimate of drug-likeness (QED) is 0.639. The molecule has 0 bridgehead atoms. The van der Waals surface area contributed by atoms with Crippen molar-refractivity contribution in [2.75, 3.05) is 56.2 Å². The molecule has 0 aromatic heterocycles. The number of para-hydroxylation sites is 1. The molecule has 1 aromatic rings. The van der Waals surface area contributed by atoms with E-state index in [-0.39, 0.29) is 0 Å². The average molecular weight is 369 g/mol. The van der Waals surface area contributed by atoms with Crippen molar-refractivity contribution in [1.82, 2.24) is 10.2 Å². The number of anilines is 1. The number of nitrogens with one attached hydrogen (secondary N) is 2. The molecule has 1 heterocycles. The molecule has 2 N–H and O–H groups in total. The molecule has 1 fully saturated rings. The third kappa shape index (κ3) is 7.63. The molecule has 1 aromatic carbocycles. The maximum absolute atomic E-state index is 12.0. The van der Waals surface area contributed by atoms with Gasteiger partial charge in [0.2, 0.25) is 11.8 Å². The maximum Gasteiger partial charge on any atom is 0.239 e. The number of sulfone groups is 1. The van der Waals surface area contributed by atoms with Crippen LogP contribution in [0.25, 0.3) is 0 Å². The number of hydrogen-bond donors (Lipinski definition) is 2. The minimum atomic E-state index is -3.81. The van der Waals surface area contributed by atoms with Gasteiger partial charge in [-0.05, 0) is 12.1 Å². The summed E-state index contributed by atoms with van der Waals surface area (Å²) in [5.74, 6) is -2.68. The van der Waals surface area contributed by atoms with Gasteiger partial charge in [-0.2, -0.15) is 0 Å². The van der Waals surface area contributed by atoms with Crippen molar-refractivity contribution in [1.29, 1.82) is 0 Å². The number of carbonyl (C=O) groups excluding carboxylic acids is 2. The lowest BCUT2D eigenvalue weighted by atomic mass is 10.3. The number of carbonyl (C=O) groups is 2. The Morgan fingerprint density at radius 2 is 1.68 bits per heavy atom. The first-order valence-corrected chi connectivity index (χ1v) is 9.89. The predicted octanol–water partition coefficient (Wildman–Crippen LogP) is -0.512. The molecule has 9 heteroatoms. The number of ether oxygens (including phenoxy) is 1. The van der Waals surface area contributed by atoms with E-state index in [1.54, 1.807) is 30.3 Å². The van der Waals surface area contributed by atoms with E-state index in [0.29, 0.717) is 32.0 Å². The smallest absolute Gasteiger partial charge is 0.239 e. The van der Waals surface area contributed by atoms with Gasteiger partial charge in [0, 0.05) is 31.9 Å². The number of benzene rings is 1. The summed E-state index contributed by atoms with van der Waals surface area (Å²) in [6, 6.07) is 8.55. The lowest BCUT2D eigenvalue weighted by molar-refractivity contribution is -0.118. The lowest BCUT2D eigenvalue weighted by Crippen LogP contribution is -2.42. The molecule has 25 heavy (non-hydrogen) atoms. The van der Waals surface area contributed by atoms with Crippen LogP contribution in [0.3, 0.4) is 0 Å². The van der Waals surface area contributed by atoms with Crippen LogP contribution in [0.5, 0.6) is 0 Å². The summed E-state index contributed by atoms with van der Waals surface area (Å²) in [5.41, 5.74) is 0.512. The van der Waals surface area contributed by atoms with Gasteiger partial charge in [-0.1, -0.05) is 18.2 Å². The topological polar surface area (TPSA) is 105 Å². The molecule has 2 rings (SSSR count). The van der Waals surface area contributed by atoms with Crippen LogP contribution in [0, 0.1) is 0 Å². The fraction of sp³-hybridized carbons (Fsp3) is 0.500. The van der Waals surface area contributed by atoms with Gasteiger partial charge in [0.1, 0.15) is 11.5 Å². The van der Waals surface area contributed by atoms with Crippen LogP contribution < -0.4 is 10.6 Å². The van der Waals surface area contributed by atoms with Crippen molar-refractivity contribution in [2.45, 2.75) is 0 Å². The van der Waals surface area contributed by atoms with Crippen LogP contribution in [-0.4, -0.2) is 76.0 Å². The van der Waals surface area contributed by atoms with Crippen LogP contribution in [-0.2, 0) is 24.2 Å². The zero-order valence-electron chi connectivity index (χ0n) is 13.9. The zero-order chi connectivity index (χ0) is 18.1. The van der Waals surface area contributed by atoms with Crippen molar-refractivity contribution in [3.8, 4) is 0 Å². The number of amides is 2. The summed E-state index contributed by atoms with van der Waals surface area (Å²) in [6.45, 7) is 3.94. The average Bonchev–Trinajstić information content (AvgIpc) is 2.55. The Labute approximate surface area is 147 Å². The minimum Gasteiger partial charge on any atom is -0.379 e. The van der Waals surface area contributed by atoms with E-state index in [1.807, 2.05) is 0 Å². The first kappa shape index (κ1) is 19.4. The normalized spacial score (nSPS) is 15.5. The summed E-state index contributed by atoms with van der Waals surface area (Å²) in [5, 5.41) is 5.07. The van der Waals surface area contributed by atoms with Gasteiger partial charge in [-0.3, -0.25) is 14.5 Å². The van der Waals surface area contributed by atoms with Crippen LogP contribution in [0.15, 0.2) is 30.3 Å².